The van der Waals surface area contributed by atoms with Crippen molar-refractivity contribution in [3.8, 4) is 11.6 Å². The van der Waals surface area contributed by atoms with Crippen molar-refractivity contribution >= 4 is 45.6 Å². The predicted octanol–water partition coefficient (Wildman–Crippen LogP) is 5.14. The molecule has 0 radical (unpaired) electrons. The minimum Gasteiger partial charge on any atom is -0.497 e. The topological polar surface area (TPSA) is 118 Å². The van der Waals surface area contributed by atoms with Crippen molar-refractivity contribution in [2.45, 2.75) is 25.2 Å². The van der Waals surface area contributed by atoms with Crippen molar-refractivity contribution < 1.29 is 36.8 Å². The Balaban J connectivity index is 1.54. The third kappa shape index (κ3) is 4.20. The van der Waals surface area contributed by atoms with E-state index in [-0.39, 0.29) is 34.0 Å². The van der Waals surface area contributed by atoms with Gasteiger partial charge in [-0.1, -0.05) is 22.8 Å². The fourth-order valence-electron chi connectivity index (χ4n) is 4.85. The number of cyclic esters (lactones) is 1. The van der Waals surface area contributed by atoms with E-state index in [4.69, 9.17) is 25.6 Å². The number of imide groups is 1. The molecule has 2 amide bonds. The molecule has 210 valence electrons. The van der Waals surface area contributed by atoms with Gasteiger partial charge in [0.2, 0.25) is 5.60 Å². The Morgan fingerprint density at radius 2 is 1.83 bits per heavy atom. The van der Waals surface area contributed by atoms with Crippen LogP contribution in [-0.4, -0.2) is 33.4 Å². The van der Waals surface area contributed by atoms with E-state index in [0.717, 1.165) is 21.3 Å². The summed E-state index contributed by atoms with van der Waals surface area (Å²) < 4.78 is 59.1. The molecule has 1 aliphatic rings. The molecular weight excluding hydrogens is 569 g/mol. The highest BCUT2D eigenvalue weighted by Crippen LogP contribution is 2.36. The number of ether oxygens (including phenoxy) is 2. The number of hydrogen-bond acceptors (Lipinski definition) is 7. The molecule has 3 aromatic carbocycles. The van der Waals surface area contributed by atoms with Gasteiger partial charge in [0.1, 0.15) is 5.75 Å². The number of carbonyl (C=O) groups is 2. The fourth-order valence-corrected chi connectivity index (χ4v) is 5.15. The second kappa shape index (κ2) is 9.13. The molecule has 6 rings (SSSR count). The zero-order chi connectivity index (χ0) is 29.3. The third-order valence-corrected chi connectivity index (χ3v) is 7.29. The number of imidazole rings is 1. The second-order valence-corrected chi connectivity index (χ2v) is 9.87. The molecule has 0 aliphatic carbocycles. The van der Waals surface area contributed by atoms with Gasteiger partial charge in [-0.2, -0.15) is 13.2 Å². The van der Waals surface area contributed by atoms with E-state index in [9.17, 15) is 27.6 Å². The Kier molecular flexibility index (Phi) is 5.89. The van der Waals surface area contributed by atoms with Gasteiger partial charge in [-0.15, -0.1) is 0 Å². The van der Waals surface area contributed by atoms with Crippen LogP contribution in [0.25, 0.3) is 27.8 Å². The van der Waals surface area contributed by atoms with E-state index in [1.165, 1.54) is 32.2 Å². The molecule has 2 aromatic heterocycles. The van der Waals surface area contributed by atoms with Crippen LogP contribution in [0.1, 0.15) is 23.6 Å². The minimum absolute atomic E-state index is 0.0257. The first-order chi connectivity index (χ1) is 19.4. The lowest BCUT2D eigenvalue weighted by molar-refractivity contribution is -0.137. The van der Waals surface area contributed by atoms with Crippen LogP contribution in [0.2, 0.25) is 5.02 Å². The van der Waals surface area contributed by atoms with E-state index >= 15 is 0 Å². The minimum atomic E-state index is -4.67. The first-order valence-electron chi connectivity index (χ1n) is 12.0. The Morgan fingerprint density at radius 3 is 2.51 bits per heavy atom. The lowest BCUT2D eigenvalue weighted by Gasteiger charge is -2.21. The van der Waals surface area contributed by atoms with Gasteiger partial charge in [-0.05, 0) is 55.0 Å². The number of fused-ring (bicyclic) bond motifs is 2. The van der Waals surface area contributed by atoms with Crippen LogP contribution >= 0.6 is 11.6 Å². The van der Waals surface area contributed by atoms with Crippen molar-refractivity contribution in [2.75, 3.05) is 7.11 Å². The molecule has 1 atom stereocenters. The van der Waals surface area contributed by atoms with Crippen LogP contribution in [0.4, 0.5) is 18.0 Å². The monoisotopic (exact) mass is 586 g/mol. The smallest absolute Gasteiger partial charge is 0.416 e. The van der Waals surface area contributed by atoms with Gasteiger partial charge in [-0.25, -0.2) is 14.2 Å². The Hall–Kier alpha value is -4.78. The quantitative estimate of drug-likeness (QED) is 0.303. The standard InChI is InChI=1S/C27H18ClF3N4O6/c1-26(23(36)32-24(37)40-26)17-9-13(3-7-18(17)28)12-34-20-10-14(27(29,30)31)4-8-19(20)35(25(34)38)22-16-6-5-15(39-2)11-21(16)41-33-22/h3-11H,12H2,1-2H3,(H,32,36,37)/t26-/m0/s1. The second-order valence-electron chi connectivity index (χ2n) is 9.46. The number of nitrogens with zero attached hydrogens (tertiary/aromatic N) is 3. The molecule has 5 aromatic rings. The summed E-state index contributed by atoms with van der Waals surface area (Å²) in [5.74, 6) is -0.173. The van der Waals surface area contributed by atoms with Crippen LogP contribution < -0.4 is 15.7 Å². The molecular formula is C27H18ClF3N4O6. The number of hydrogen-bond donors (Lipinski definition) is 1. The molecule has 0 saturated carbocycles. The van der Waals surface area contributed by atoms with Crippen LogP contribution in [-0.2, 0) is 27.9 Å². The van der Waals surface area contributed by atoms with E-state index in [1.54, 1.807) is 24.3 Å². The summed E-state index contributed by atoms with van der Waals surface area (Å²) >= 11 is 6.33. The van der Waals surface area contributed by atoms with E-state index < -0.39 is 35.0 Å². The molecule has 1 N–H and O–H groups in total. The number of halogens is 4. The average molecular weight is 587 g/mol. The summed E-state index contributed by atoms with van der Waals surface area (Å²) in [6.07, 6.45) is -5.62. The number of alkyl carbamates (subject to hydrolysis) is 1. The van der Waals surface area contributed by atoms with E-state index in [0.29, 0.717) is 22.3 Å². The number of benzene rings is 3. The number of nitrogens with one attached hydrogen (secondary N) is 1. The maximum atomic E-state index is 13.9. The summed E-state index contributed by atoms with van der Waals surface area (Å²) in [5.41, 5.74) is -2.42. The number of carbonyl (C=O) groups excluding carboxylic acids is 2. The Bertz CT molecular complexity index is 1960. The number of rotatable bonds is 5. The molecule has 3 heterocycles. The van der Waals surface area contributed by atoms with Crippen molar-refractivity contribution in [3.05, 3.63) is 86.8 Å². The summed E-state index contributed by atoms with van der Waals surface area (Å²) in [4.78, 5) is 38.1. The van der Waals surface area contributed by atoms with Gasteiger partial charge in [0, 0.05) is 16.7 Å². The first-order valence-corrected chi connectivity index (χ1v) is 12.4. The van der Waals surface area contributed by atoms with Crippen molar-refractivity contribution in [1.29, 1.82) is 0 Å². The highest BCUT2D eigenvalue weighted by atomic mass is 35.5. The van der Waals surface area contributed by atoms with E-state index in [1.807, 2.05) is 5.32 Å². The number of amides is 2. The van der Waals surface area contributed by atoms with Gasteiger partial charge in [-0.3, -0.25) is 14.7 Å². The van der Waals surface area contributed by atoms with Gasteiger partial charge < -0.3 is 14.0 Å². The molecule has 0 spiro atoms. The lowest BCUT2D eigenvalue weighted by Crippen LogP contribution is -2.33. The fraction of sp³-hybridized carbons (Fsp3) is 0.185. The maximum absolute atomic E-state index is 13.9. The maximum Gasteiger partial charge on any atom is 0.416 e. The Labute approximate surface area is 232 Å². The highest BCUT2D eigenvalue weighted by Gasteiger charge is 2.47. The largest absolute Gasteiger partial charge is 0.497 e. The first kappa shape index (κ1) is 26.4. The van der Waals surface area contributed by atoms with Gasteiger partial charge in [0.05, 0.1) is 35.6 Å². The molecule has 1 saturated heterocycles. The number of methoxy groups -OCH3 is 1. The van der Waals surface area contributed by atoms with Crippen LogP contribution in [0.15, 0.2) is 63.9 Å². The van der Waals surface area contributed by atoms with Gasteiger partial charge in [0.15, 0.2) is 11.4 Å². The number of aromatic nitrogens is 3. The molecule has 1 aliphatic heterocycles. The van der Waals surface area contributed by atoms with Crippen molar-refractivity contribution in [3.63, 3.8) is 0 Å². The van der Waals surface area contributed by atoms with Gasteiger partial charge in [0.25, 0.3) is 5.91 Å². The van der Waals surface area contributed by atoms with Crippen LogP contribution in [0, 0.1) is 0 Å². The van der Waals surface area contributed by atoms with Crippen LogP contribution in [0.3, 0.4) is 0 Å². The average Bonchev–Trinajstić information content (AvgIpc) is 3.54. The molecule has 1 fully saturated rings. The summed E-state index contributed by atoms with van der Waals surface area (Å²) in [7, 11) is 1.47. The zero-order valence-electron chi connectivity index (χ0n) is 21.2. The molecule has 14 heteroatoms. The molecule has 10 nitrogen and oxygen atoms in total. The summed E-state index contributed by atoms with van der Waals surface area (Å²) in [5, 5.41) is 6.63. The lowest BCUT2D eigenvalue weighted by atomic mass is 9.93. The molecule has 41 heavy (non-hydrogen) atoms. The Morgan fingerprint density at radius 1 is 1.05 bits per heavy atom. The molecule has 0 unspecified atom stereocenters. The number of alkyl halides is 3. The van der Waals surface area contributed by atoms with Gasteiger partial charge >= 0.3 is 18.0 Å². The van der Waals surface area contributed by atoms with Crippen molar-refractivity contribution in [2.24, 2.45) is 0 Å². The SMILES string of the molecule is COc1ccc2c(-n3c(=O)n(Cc4ccc(Cl)c([C@]5(C)OC(=O)NC5=O)c4)c4cc(C(F)(F)F)ccc43)noc2c1. The summed E-state index contributed by atoms with van der Waals surface area (Å²) in [6.45, 7) is 1.14. The zero-order valence-corrected chi connectivity index (χ0v) is 22.0. The highest BCUT2D eigenvalue weighted by molar-refractivity contribution is 6.32. The van der Waals surface area contributed by atoms with Crippen molar-refractivity contribution in [1.82, 2.24) is 19.6 Å². The predicted molar refractivity (Wildman–Crippen MR) is 139 cm³/mol. The van der Waals surface area contributed by atoms with Crippen LogP contribution in [0.5, 0.6) is 5.75 Å². The summed E-state index contributed by atoms with van der Waals surface area (Å²) in [6, 6.07) is 12.2. The normalized spacial score (nSPS) is 17.3. The van der Waals surface area contributed by atoms with E-state index in [2.05, 4.69) is 5.16 Å². The molecule has 0 bridgehead atoms. The third-order valence-electron chi connectivity index (χ3n) is 6.96.